The number of fused-ring (bicyclic) bond motifs is 1. The summed E-state index contributed by atoms with van der Waals surface area (Å²) in [4.78, 5) is 16.8. The molecular formula is C22H22N4OS. The number of carbonyl (C=O) groups is 1. The summed E-state index contributed by atoms with van der Waals surface area (Å²) >= 11 is 1.56. The lowest BCUT2D eigenvalue weighted by atomic mass is 10.1. The van der Waals surface area contributed by atoms with Crippen molar-refractivity contribution < 1.29 is 4.79 Å². The Balaban J connectivity index is 1.24. The lowest BCUT2D eigenvalue weighted by Gasteiger charge is -2.03. The van der Waals surface area contributed by atoms with Gasteiger partial charge < -0.3 is 5.32 Å². The number of unbranched alkanes of at least 4 members (excludes halogenated alkanes) is 1. The van der Waals surface area contributed by atoms with Crippen LogP contribution in [0.2, 0.25) is 0 Å². The van der Waals surface area contributed by atoms with Gasteiger partial charge in [-0.15, -0.1) is 11.3 Å². The molecule has 2 aromatic heterocycles. The number of aromatic amines is 1. The van der Waals surface area contributed by atoms with Crippen LogP contribution in [0.1, 0.15) is 39.6 Å². The summed E-state index contributed by atoms with van der Waals surface area (Å²) in [6.07, 6.45) is 3.95. The molecule has 0 aliphatic rings. The maximum Gasteiger partial charge on any atom is 0.271 e. The van der Waals surface area contributed by atoms with Gasteiger partial charge in [0.25, 0.3) is 5.91 Å². The molecule has 0 fully saturated rings. The van der Waals surface area contributed by atoms with E-state index >= 15 is 0 Å². The van der Waals surface area contributed by atoms with Gasteiger partial charge in [-0.05, 0) is 37.3 Å². The van der Waals surface area contributed by atoms with Crippen molar-refractivity contribution in [3.63, 3.8) is 0 Å². The van der Waals surface area contributed by atoms with E-state index in [0.717, 1.165) is 41.8 Å². The Hall–Kier alpha value is -2.99. The number of aromatic nitrogens is 3. The van der Waals surface area contributed by atoms with Crippen molar-refractivity contribution in [1.82, 2.24) is 20.5 Å². The Morgan fingerprint density at radius 1 is 1.00 bits per heavy atom. The minimum absolute atomic E-state index is 0.115. The zero-order valence-corrected chi connectivity index (χ0v) is 16.3. The summed E-state index contributed by atoms with van der Waals surface area (Å²) in [5.74, 6) is -0.115. The van der Waals surface area contributed by atoms with E-state index in [9.17, 15) is 4.79 Å². The number of carbonyl (C=O) groups excluding carboxylic acids is 1. The van der Waals surface area contributed by atoms with E-state index in [-0.39, 0.29) is 5.91 Å². The van der Waals surface area contributed by atoms with Gasteiger partial charge in [0.1, 0.15) is 5.69 Å². The fourth-order valence-electron chi connectivity index (χ4n) is 3.18. The zero-order valence-electron chi connectivity index (χ0n) is 15.5. The van der Waals surface area contributed by atoms with Crippen LogP contribution in [0.15, 0.2) is 60.0 Å². The van der Waals surface area contributed by atoms with Crippen LogP contribution in [0.5, 0.6) is 0 Å². The highest BCUT2D eigenvalue weighted by Gasteiger charge is 2.11. The number of nitrogens with zero attached hydrogens (tertiary/aromatic N) is 2. The zero-order chi connectivity index (χ0) is 19.2. The average Bonchev–Trinajstić information content (AvgIpc) is 3.38. The molecule has 0 aliphatic heterocycles. The molecule has 4 rings (SSSR count). The molecule has 0 bridgehead atoms. The molecule has 0 atom stereocenters. The van der Waals surface area contributed by atoms with Gasteiger partial charge in [0, 0.05) is 23.0 Å². The van der Waals surface area contributed by atoms with Crippen molar-refractivity contribution in [2.75, 3.05) is 0 Å². The molecule has 2 N–H and O–H groups in total. The molecule has 2 heterocycles. The minimum atomic E-state index is -0.115. The van der Waals surface area contributed by atoms with Gasteiger partial charge in [-0.1, -0.05) is 48.5 Å². The predicted molar refractivity (Wildman–Crippen MR) is 112 cm³/mol. The lowest BCUT2D eigenvalue weighted by molar-refractivity contribution is 0.0946. The third-order valence-electron chi connectivity index (χ3n) is 4.69. The molecule has 0 spiro atoms. The molecule has 0 saturated carbocycles. The average molecular weight is 391 g/mol. The second-order valence-corrected chi connectivity index (χ2v) is 7.66. The van der Waals surface area contributed by atoms with Crippen LogP contribution < -0.4 is 5.32 Å². The summed E-state index contributed by atoms with van der Waals surface area (Å²) < 4.78 is 0. The van der Waals surface area contributed by atoms with E-state index in [4.69, 9.17) is 0 Å². The van der Waals surface area contributed by atoms with Gasteiger partial charge in [-0.3, -0.25) is 9.89 Å². The van der Waals surface area contributed by atoms with Crippen molar-refractivity contribution in [1.29, 1.82) is 0 Å². The number of aryl methyl sites for hydroxylation is 2. The largest absolute Gasteiger partial charge is 0.347 e. The third kappa shape index (κ3) is 4.46. The van der Waals surface area contributed by atoms with Crippen molar-refractivity contribution in [2.24, 2.45) is 0 Å². The molecule has 4 aromatic rings. The summed E-state index contributed by atoms with van der Waals surface area (Å²) in [5.41, 5.74) is 3.80. The van der Waals surface area contributed by atoms with Crippen LogP contribution in [0.3, 0.4) is 0 Å². The first-order valence-electron chi connectivity index (χ1n) is 9.48. The van der Waals surface area contributed by atoms with Crippen LogP contribution in [0.25, 0.3) is 10.9 Å². The van der Waals surface area contributed by atoms with Gasteiger partial charge in [-0.2, -0.15) is 5.10 Å². The summed E-state index contributed by atoms with van der Waals surface area (Å²) in [6.45, 7) is 0.519. The van der Waals surface area contributed by atoms with Crippen LogP contribution in [0.4, 0.5) is 0 Å². The Labute approximate surface area is 167 Å². The molecule has 2 aromatic carbocycles. The first-order valence-corrected chi connectivity index (χ1v) is 10.4. The number of para-hydroxylation sites is 1. The molecule has 28 heavy (non-hydrogen) atoms. The second-order valence-electron chi connectivity index (χ2n) is 6.72. The number of rotatable bonds is 8. The summed E-state index contributed by atoms with van der Waals surface area (Å²) in [5, 5.41) is 14.5. The maximum atomic E-state index is 12.3. The molecular weight excluding hydrogens is 368 g/mol. The van der Waals surface area contributed by atoms with E-state index in [0.29, 0.717) is 12.2 Å². The third-order valence-corrected chi connectivity index (χ3v) is 5.60. The standard InChI is InChI=1S/C22H22N4OS/c27-22(23-14-16-8-2-1-3-9-16)20-15-28-21(24-20)13-7-6-12-19-17-10-4-5-11-18(17)25-26-19/h1-5,8-11,15H,6-7,12-14H2,(H,23,27)(H,25,26). The monoisotopic (exact) mass is 390 g/mol. The first kappa shape index (κ1) is 18.4. The Morgan fingerprint density at radius 2 is 1.79 bits per heavy atom. The van der Waals surface area contributed by atoms with E-state index in [2.05, 4.69) is 26.6 Å². The van der Waals surface area contributed by atoms with Crippen LogP contribution in [-0.4, -0.2) is 21.1 Å². The van der Waals surface area contributed by atoms with Crippen molar-refractivity contribution >= 4 is 28.1 Å². The smallest absolute Gasteiger partial charge is 0.271 e. The van der Waals surface area contributed by atoms with E-state index in [1.165, 1.54) is 11.1 Å². The number of H-pyrrole nitrogens is 1. The van der Waals surface area contributed by atoms with E-state index < -0.39 is 0 Å². The van der Waals surface area contributed by atoms with Gasteiger partial charge >= 0.3 is 0 Å². The number of benzene rings is 2. The van der Waals surface area contributed by atoms with Gasteiger partial charge in [0.2, 0.25) is 0 Å². The van der Waals surface area contributed by atoms with Gasteiger partial charge in [-0.25, -0.2) is 4.98 Å². The highest BCUT2D eigenvalue weighted by Crippen LogP contribution is 2.18. The molecule has 142 valence electrons. The first-order chi connectivity index (χ1) is 13.8. The minimum Gasteiger partial charge on any atom is -0.347 e. The molecule has 0 radical (unpaired) electrons. The second kappa shape index (κ2) is 8.80. The van der Waals surface area contributed by atoms with Crippen LogP contribution >= 0.6 is 11.3 Å². The molecule has 0 saturated heterocycles. The highest BCUT2D eigenvalue weighted by atomic mass is 32.1. The van der Waals surface area contributed by atoms with Crippen LogP contribution in [-0.2, 0) is 19.4 Å². The fourth-order valence-corrected chi connectivity index (χ4v) is 4.00. The number of hydrogen-bond acceptors (Lipinski definition) is 4. The number of amides is 1. The Kier molecular flexibility index (Phi) is 5.77. The molecule has 0 aliphatic carbocycles. The highest BCUT2D eigenvalue weighted by molar-refractivity contribution is 7.09. The van der Waals surface area contributed by atoms with E-state index in [1.54, 1.807) is 11.3 Å². The molecule has 5 nitrogen and oxygen atoms in total. The van der Waals surface area contributed by atoms with Crippen molar-refractivity contribution in [3.05, 3.63) is 81.9 Å². The number of hydrogen-bond donors (Lipinski definition) is 2. The summed E-state index contributed by atoms with van der Waals surface area (Å²) in [6, 6.07) is 18.1. The Morgan fingerprint density at radius 3 is 2.68 bits per heavy atom. The Bertz CT molecular complexity index is 1050. The maximum absolute atomic E-state index is 12.3. The normalized spacial score (nSPS) is 11.0. The lowest BCUT2D eigenvalue weighted by Crippen LogP contribution is -2.23. The van der Waals surface area contributed by atoms with Gasteiger partial charge in [0.15, 0.2) is 0 Å². The SMILES string of the molecule is O=C(NCc1ccccc1)c1csc(CCCCc2[nH]nc3ccccc23)n1. The molecule has 6 heteroatoms. The molecule has 0 unspecified atom stereocenters. The van der Waals surface area contributed by atoms with E-state index in [1.807, 2.05) is 53.9 Å². The molecule has 1 amide bonds. The topological polar surface area (TPSA) is 70.7 Å². The quantitative estimate of drug-likeness (QED) is 0.435. The fraction of sp³-hybridized carbons (Fsp3) is 0.227. The van der Waals surface area contributed by atoms with Crippen molar-refractivity contribution in [3.8, 4) is 0 Å². The number of thiazole rings is 1. The summed E-state index contributed by atoms with van der Waals surface area (Å²) in [7, 11) is 0. The number of nitrogens with one attached hydrogen (secondary N) is 2. The van der Waals surface area contributed by atoms with Crippen LogP contribution in [0, 0.1) is 0 Å². The van der Waals surface area contributed by atoms with Crippen molar-refractivity contribution in [2.45, 2.75) is 32.2 Å². The predicted octanol–water partition coefficient (Wildman–Crippen LogP) is 4.51. The van der Waals surface area contributed by atoms with Gasteiger partial charge in [0.05, 0.1) is 10.5 Å².